The summed E-state index contributed by atoms with van der Waals surface area (Å²) >= 11 is 3.32. The molecule has 0 saturated carbocycles. The molecule has 0 radical (unpaired) electrons. The molecule has 2 N–H and O–H groups in total. The van der Waals surface area contributed by atoms with Gasteiger partial charge >= 0.3 is 0 Å². The fraction of sp³-hybridized carbons (Fsp3) is 0.100. The lowest BCUT2D eigenvalue weighted by atomic mass is 9.90. The number of amides is 1. The minimum absolute atomic E-state index is 0.308. The minimum atomic E-state index is -1.84. The van der Waals surface area contributed by atoms with Gasteiger partial charge in [0.15, 0.2) is 11.4 Å². The maximum atomic E-state index is 12.2. The van der Waals surface area contributed by atoms with E-state index in [1.807, 2.05) is 36.4 Å². The molecule has 0 saturated heterocycles. The summed E-state index contributed by atoms with van der Waals surface area (Å²) in [6.45, 7) is 0. The van der Waals surface area contributed by atoms with E-state index in [2.05, 4.69) is 21.2 Å². The highest BCUT2D eigenvalue weighted by Gasteiger charge is 2.46. The Bertz CT molecular complexity index is 874. The van der Waals surface area contributed by atoms with Gasteiger partial charge in [0.25, 0.3) is 5.91 Å². The van der Waals surface area contributed by atoms with Crippen molar-refractivity contribution in [2.24, 2.45) is 0 Å². The van der Waals surface area contributed by atoms with Gasteiger partial charge in [-0.1, -0.05) is 64.5 Å². The highest BCUT2D eigenvalue weighted by atomic mass is 79.9. The smallest absolute Gasteiger partial charge is 0.261 e. The van der Waals surface area contributed by atoms with Crippen molar-refractivity contribution >= 4 is 39.4 Å². The fourth-order valence-corrected chi connectivity index (χ4v) is 3.06. The van der Waals surface area contributed by atoms with Crippen molar-refractivity contribution in [3.8, 4) is 0 Å². The minimum Gasteiger partial charge on any atom is -0.375 e. The molecule has 126 valence electrons. The van der Waals surface area contributed by atoms with Crippen LogP contribution in [0.4, 0.5) is 5.69 Å². The lowest BCUT2D eigenvalue weighted by Crippen LogP contribution is -2.36. The summed E-state index contributed by atoms with van der Waals surface area (Å²) in [5.74, 6) is -0.912. The number of allylic oxidation sites excluding steroid dienone is 3. The van der Waals surface area contributed by atoms with Crippen molar-refractivity contribution in [3.63, 3.8) is 0 Å². The first kappa shape index (κ1) is 17.3. The van der Waals surface area contributed by atoms with Gasteiger partial charge in [-0.15, -0.1) is 0 Å². The Kier molecular flexibility index (Phi) is 4.97. The molecular formula is C20H16BrNO3. The number of hydrogen-bond donors (Lipinski definition) is 2. The van der Waals surface area contributed by atoms with Crippen LogP contribution in [-0.2, 0) is 15.2 Å². The summed E-state index contributed by atoms with van der Waals surface area (Å²) in [6.07, 6.45) is 6.27. The number of aliphatic hydroxyl groups is 1. The standard InChI is InChI=1S/C20H16BrNO3/c21-15-10-11-18-17(12-15)20(25,19(24)22-18)13-16(23)9-5-4-8-14-6-2-1-3-7-14/h1-12,25H,13H2,(H,22,24)/b8-4+,9-5+. The molecule has 1 atom stereocenters. The zero-order valence-electron chi connectivity index (χ0n) is 13.3. The normalized spacial score (nSPS) is 19.4. The number of benzene rings is 2. The van der Waals surface area contributed by atoms with Crippen LogP contribution in [-0.4, -0.2) is 16.8 Å². The molecular weight excluding hydrogens is 382 g/mol. The third kappa shape index (κ3) is 3.78. The zero-order valence-corrected chi connectivity index (χ0v) is 14.9. The molecule has 1 heterocycles. The molecule has 0 bridgehead atoms. The largest absolute Gasteiger partial charge is 0.375 e. The highest BCUT2D eigenvalue weighted by Crippen LogP contribution is 2.39. The summed E-state index contributed by atoms with van der Waals surface area (Å²) < 4.78 is 0.731. The first-order valence-electron chi connectivity index (χ1n) is 7.75. The molecule has 1 aliphatic heterocycles. The van der Waals surface area contributed by atoms with Crippen LogP contribution < -0.4 is 5.32 Å². The van der Waals surface area contributed by atoms with Crippen molar-refractivity contribution in [3.05, 3.63) is 82.4 Å². The van der Waals surface area contributed by atoms with Crippen molar-refractivity contribution in [2.45, 2.75) is 12.0 Å². The second kappa shape index (κ2) is 7.17. The van der Waals surface area contributed by atoms with Gasteiger partial charge in [-0.2, -0.15) is 0 Å². The maximum absolute atomic E-state index is 12.2. The Hall–Kier alpha value is -2.50. The number of ketones is 1. The number of carbonyl (C=O) groups excluding carboxylic acids is 2. The topological polar surface area (TPSA) is 66.4 Å². The quantitative estimate of drug-likeness (QED) is 0.595. The predicted octanol–water partition coefficient (Wildman–Crippen LogP) is 3.82. The van der Waals surface area contributed by atoms with Crippen LogP contribution >= 0.6 is 15.9 Å². The van der Waals surface area contributed by atoms with Gasteiger partial charge in [0.2, 0.25) is 0 Å². The van der Waals surface area contributed by atoms with Crippen LogP contribution in [0.3, 0.4) is 0 Å². The summed E-state index contributed by atoms with van der Waals surface area (Å²) in [4.78, 5) is 24.3. The third-order valence-corrected chi connectivity index (χ3v) is 4.46. The molecule has 1 amide bonds. The summed E-state index contributed by atoms with van der Waals surface area (Å²) in [5.41, 5.74) is 0.112. The van der Waals surface area contributed by atoms with Crippen molar-refractivity contribution < 1.29 is 14.7 Å². The Morgan fingerprint density at radius 1 is 1.16 bits per heavy atom. The average molecular weight is 398 g/mol. The molecule has 2 aromatic carbocycles. The van der Waals surface area contributed by atoms with E-state index < -0.39 is 11.5 Å². The summed E-state index contributed by atoms with van der Waals surface area (Å²) in [5, 5.41) is 13.3. The van der Waals surface area contributed by atoms with Crippen LogP contribution in [0.5, 0.6) is 0 Å². The molecule has 1 unspecified atom stereocenters. The van der Waals surface area contributed by atoms with E-state index in [0.29, 0.717) is 11.3 Å². The van der Waals surface area contributed by atoms with E-state index in [9.17, 15) is 14.7 Å². The van der Waals surface area contributed by atoms with Gasteiger partial charge in [0.05, 0.1) is 6.42 Å². The molecule has 1 aliphatic rings. The molecule has 3 rings (SSSR count). The van der Waals surface area contributed by atoms with E-state index in [1.54, 1.807) is 30.4 Å². The average Bonchev–Trinajstić information content (AvgIpc) is 2.83. The van der Waals surface area contributed by atoms with Gasteiger partial charge in [-0.05, 0) is 29.8 Å². The van der Waals surface area contributed by atoms with Gasteiger partial charge in [0.1, 0.15) is 0 Å². The predicted molar refractivity (Wildman–Crippen MR) is 101 cm³/mol. The number of carbonyl (C=O) groups is 2. The maximum Gasteiger partial charge on any atom is 0.261 e. The lowest BCUT2D eigenvalue weighted by Gasteiger charge is -2.19. The van der Waals surface area contributed by atoms with E-state index in [1.165, 1.54) is 6.08 Å². The highest BCUT2D eigenvalue weighted by molar-refractivity contribution is 9.10. The summed E-state index contributed by atoms with van der Waals surface area (Å²) in [7, 11) is 0. The van der Waals surface area contributed by atoms with Gasteiger partial charge in [0, 0.05) is 15.7 Å². The Balaban J connectivity index is 1.71. The van der Waals surface area contributed by atoms with Gasteiger partial charge < -0.3 is 10.4 Å². The molecule has 0 aromatic heterocycles. The molecule has 2 aromatic rings. The van der Waals surface area contributed by atoms with Gasteiger partial charge in [-0.3, -0.25) is 9.59 Å². The molecule has 0 fully saturated rings. The van der Waals surface area contributed by atoms with Crippen LogP contribution in [0.1, 0.15) is 17.5 Å². The number of rotatable bonds is 5. The van der Waals surface area contributed by atoms with Crippen LogP contribution in [0.25, 0.3) is 6.08 Å². The van der Waals surface area contributed by atoms with Crippen molar-refractivity contribution in [1.82, 2.24) is 0 Å². The first-order valence-corrected chi connectivity index (χ1v) is 8.55. The fourth-order valence-electron chi connectivity index (χ4n) is 2.70. The number of halogens is 1. The van der Waals surface area contributed by atoms with Gasteiger partial charge in [-0.25, -0.2) is 0 Å². The second-order valence-corrected chi connectivity index (χ2v) is 6.69. The molecule has 25 heavy (non-hydrogen) atoms. The zero-order chi connectivity index (χ0) is 17.9. The number of nitrogens with one attached hydrogen (secondary N) is 1. The van der Waals surface area contributed by atoms with Crippen LogP contribution in [0, 0.1) is 0 Å². The Labute approximate surface area is 154 Å². The van der Waals surface area contributed by atoms with E-state index in [-0.39, 0.29) is 12.2 Å². The molecule has 0 aliphatic carbocycles. The molecule has 0 spiro atoms. The lowest BCUT2D eigenvalue weighted by molar-refractivity contribution is -0.138. The Morgan fingerprint density at radius 2 is 1.92 bits per heavy atom. The van der Waals surface area contributed by atoms with Crippen LogP contribution in [0.2, 0.25) is 0 Å². The molecule has 4 nitrogen and oxygen atoms in total. The number of hydrogen-bond acceptors (Lipinski definition) is 3. The van der Waals surface area contributed by atoms with E-state index in [0.717, 1.165) is 10.0 Å². The SMILES string of the molecule is O=C(/C=C/C=C/c1ccccc1)CC1(O)C(=O)Nc2ccc(Br)cc21. The van der Waals surface area contributed by atoms with Crippen molar-refractivity contribution in [2.75, 3.05) is 5.32 Å². The monoisotopic (exact) mass is 397 g/mol. The van der Waals surface area contributed by atoms with E-state index >= 15 is 0 Å². The second-order valence-electron chi connectivity index (χ2n) is 5.78. The van der Waals surface area contributed by atoms with Crippen LogP contribution in [0.15, 0.2) is 71.2 Å². The van der Waals surface area contributed by atoms with E-state index in [4.69, 9.17) is 0 Å². The summed E-state index contributed by atoms with van der Waals surface area (Å²) in [6, 6.07) is 14.8. The third-order valence-electron chi connectivity index (χ3n) is 3.96. The number of fused-ring (bicyclic) bond motifs is 1. The molecule has 5 heteroatoms. The number of anilines is 1. The first-order chi connectivity index (χ1) is 12.0. The Morgan fingerprint density at radius 3 is 2.68 bits per heavy atom. The van der Waals surface area contributed by atoms with Crippen molar-refractivity contribution in [1.29, 1.82) is 0 Å².